The van der Waals surface area contributed by atoms with Crippen molar-refractivity contribution in [2.75, 3.05) is 5.32 Å². The lowest BCUT2D eigenvalue weighted by molar-refractivity contribution is 0.103. The van der Waals surface area contributed by atoms with Gasteiger partial charge < -0.3 is 10.1 Å². The molecule has 0 radical (unpaired) electrons. The second-order valence-electron chi connectivity index (χ2n) is 5.49. The van der Waals surface area contributed by atoms with Crippen molar-refractivity contribution in [2.24, 2.45) is 0 Å². The smallest absolute Gasteiger partial charge is 0.265 e. The Morgan fingerprint density at radius 2 is 1.84 bits per heavy atom. The number of carbonyl (C=O) groups is 1. The Morgan fingerprint density at radius 3 is 2.56 bits per heavy atom. The van der Waals surface area contributed by atoms with Crippen molar-refractivity contribution < 1.29 is 9.53 Å². The molecule has 3 nitrogen and oxygen atoms in total. The van der Waals surface area contributed by atoms with Crippen LogP contribution < -0.4 is 10.1 Å². The zero-order valence-corrected chi connectivity index (χ0v) is 15.7. The van der Waals surface area contributed by atoms with Crippen LogP contribution >= 0.6 is 34.5 Å². The van der Waals surface area contributed by atoms with Crippen LogP contribution in [0.15, 0.2) is 53.9 Å². The number of amides is 1. The van der Waals surface area contributed by atoms with Gasteiger partial charge in [0.05, 0.1) is 4.88 Å². The van der Waals surface area contributed by atoms with Crippen LogP contribution in [0.2, 0.25) is 10.0 Å². The lowest BCUT2D eigenvalue weighted by atomic mass is 10.2. The molecular weight excluding hydrogens is 377 g/mol. The van der Waals surface area contributed by atoms with E-state index in [1.807, 2.05) is 42.6 Å². The van der Waals surface area contributed by atoms with Crippen molar-refractivity contribution in [1.29, 1.82) is 0 Å². The number of para-hydroxylation sites is 1. The standard InChI is InChI=1S/C19H15Cl2NO2S/c1-12-4-2-3-5-17(12)24-10-13-6-18(25-11-13)19(23)22-16-8-14(20)7-15(21)9-16/h2-9,11H,10H2,1H3,(H,22,23). The van der Waals surface area contributed by atoms with Crippen LogP contribution in [-0.2, 0) is 6.61 Å². The number of carbonyl (C=O) groups excluding carboxylic acids is 1. The van der Waals surface area contributed by atoms with Gasteiger partial charge in [0, 0.05) is 21.3 Å². The van der Waals surface area contributed by atoms with Gasteiger partial charge in [0.2, 0.25) is 0 Å². The zero-order chi connectivity index (χ0) is 17.8. The summed E-state index contributed by atoms with van der Waals surface area (Å²) in [4.78, 5) is 12.9. The van der Waals surface area contributed by atoms with E-state index in [0.29, 0.717) is 27.2 Å². The molecule has 0 aliphatic carbocycles. The van der Waals surface area contributed by atoms with E-state index < -0.39 is 0 Å². The van der Waals surface area contributed by atoms with Crippen LogP contribution in [0.3, 0.4) is 0 Å². The van der Waals surface area contributed by atoms with Gasteiger partial charge in [-0.15, -0.1) is 11.3 Å². The number of hydrogen-bond donors (Lipinski definition) is 1. The summed E-state index contributed by atoms with van der Waals surface area (Å²) in [6.07, 6.45) is 0. The fraction of sp³-hybridized carbons (Fsp3) is 0.105. The van der Waals surface area contributed by atoms with Crippen molar-refractivity contribution in [3.63, 3.8) is 0 Å². The fourth-order valence-electron chi connectivity index (χ4n) is 2.27. The maximum Gasteiger partial charge on any atom is 0.265 e. The van der Waals surface area contributed by atoms with Crippen molar-refractivity contribution in [2.45, 2.75) is 13.5 Å². The number of ether oxygens (including phenoxy) is 1. The largest absolute Gasteiger partial charge is 0.489 e. The Balaban J connectivity index is 1.64. The van der Waals surface area contributed by atoms with Crippen LogP contribution in [0.25, 0.3) is 0 Å². The normalized spacial score (nSPS) is 10.5. The molecule has 3 aromatic rings. The van der Waals surface area contributed by atoms with E-state index in [2.05, 4.69) is 5.32 Å². The van der Waals surface area contributed by atoms with E-state index in [1.54, 1.807) is 18.2 Å². The van der Waals surface area contributed by atoms with Crippen LogP contribution in [0.1, 0.15) is 20.8 Å². The molecule has 128 valence electrons. The maximum absolute atomic E-state index is 12.4. The number of hydrogen-bond acceptors (Lipinski definition) is 3. The minimum Gasteiger partial charge on any atom is -0.489 e. The van der Waals surface area contributed by atoms with Crippen molar-refractivity contribution in [1.82, 2.24) is 0 Å². The molecule has 0 aliphatic rings. The molecule has 0 bridgehead atoms. The molecule has 0 saturated carbocycles. The molecular formula is C19H15Cl2NO2S. The molecule has 0 fully saturated rings. The molecule has 1 N–H and O–H groups in total. The number of thiophene rings is 1. The van der Waals surface area contributed by atoms with Crippen LogP contribution in [-0.4, -0.2) is 5.91 Å². The summed E-state index contributed by atoms with van der Waals surface area (Å²) in [5, 5.41) is 5.66. The highest BCUT2D eigenvalue weighted by atomic mass is 35.5. The quantitative estimate of drug-likeness (QED) is 0.562. The molecule has 3 rings (SSSR count). The predicted octanol–water partition coefficient (Wildman–Crippen LogP) is 6.19. The van der Waals surface area contributed by atoms with E-state index >= 15 is 0 Å². The first-order chi connectivity index (χ1) is 12.0. The third-order valence-corrected chi connectivity index (χ3v) is 4.90. The highest BCUT2D eigenvalue weighted by Crippen LogP contribution is 2.24. The Morgan fingerprint density at radius 1 is 1.12 bits per heavy atom. The SMILES string of the molecule is Cc1ccccc1OCc1csc(C(=O)Nc2cc(Cl)cc(Cl)c2)c1. The molecule has 1 heterocycles. The first-order valence-electron chi connectivity index (χ1n) is 7.54. The van der Waals surface area contributed by atoms with Gasteiger partial charge in [-0.05, 0) is 48.2 Å². The molecule has 2 aromatic carbocycles. The fourth-order valence-corrected chi connectivity index (χ4v) is 3.59. The molecule has 0 saturated heterocycles. The molecule has 0 spiro atoms. The summed E-state index contributed by atoms with van der Waals surface area (Å²) < 4.78 is 5.81. The lowest BCUT2D eigenvalue weighted by Gasteiger charge is -2.07. The number of aryl methyl sites for hydroxylation is 1. The third-order valence-electron chi connectivity index (χ3n) is 3.49. The summed E-state index contributed by atoms with van der Waals surface area (Å²) in [5.41, 5.74) is 2.59. The summed E-state index contributed by atoms with van der Waals surface area (Å²) in [5.74, 6) is 0.638. The highest BCUT2D eigenvalue weighted by molar-refractivity contribution is 7.12. The van der Waals surface area contributed by atoms with Gasteiger partial charge in [-0.1, -0.05) is 41.4 Å². The summed E-state index contributed by atoms with van der Waals surface area (Å²) in [6, 6.07) is 14.6. The van der Waals surface area contributed by atoms with E-state index in [1.165, 1.54) is 11.3 Å². The molecule has 0 atom stereocenters. The van der Waals surface area contributed by atoms with E-state index in [9.17, 15) is 4.79 Å². The molecule has 0 unspecified atom stereocenters. The summed E-state index contributed by atoms with van der Waals surface area (Å²) in [6.45, 7) is 2.41. The van der Waals surface area contributed by atoms with Crippen molar-refractivity contribution >= 4 is 46.1 Å². The average molecular weight is 392 g/mol. The second-order valence-corrected chi connectivity index (χ2v) is 7.27. The lowest BCUT2D eigenvalue weighted by Crippen LogP contribution is -2.10. The van der Waals surface area contributed by atoms with Gasteiger partial charge in [-0.25, -0.2) is 0 Å². The molecule has 25 heavy (non-hydrogen) atoms. The van der Waals surface area contributed by atoms with Crippen LogP contribution in [0.4, 0.5) is 5.69 Å². The topological polar surface area (TPSA) is 38.3 Å². The van der Waals surface area contributed by atoms with E-state index in [0.717, 1.165) is 16.9 Å². The first-order valence-corrected chi connectivity index (χ1v) is 9.18. The number of benzene rings is 2. The zero-order valence-electron chi connectivity index (χ0n) is 13.4. The van der Waals surface area contributed by atoms with Gasteiger partial charge >= 0.3 is 0 Å². The monoisotopic (exact) mass is 391 g/mol. The maximum atomic E-state index is 12.4. The Labute approximate surface area is 160 Å². The molecule has 6 heteroatoms. The number of anilines is 1. The van der Waals surface area contributed by atoms with Gasteiger partial charge in [-0.3, -0.25) is 4.79 Å². The molecule has 1 amide bonds. The molecule has 0 aliphatic heterocycles. The van der Waals surface area contributed by atoms with Crippen LogP contribution in [0, 0.1) is 6.92 Å². The Bertz CT molecular complexity index is 888. The van der Waals surface area contributed by atoms with Crippen molar-refractivity contribution in [3.8, 4) is 5.75 Å². The number of halogens is 2. The molecule has 1 aromatic heterocycles. The summed E-state index contributed by atoms with van der Waals surface area (Å²) >= 11 is 13.3. The van der Waals surface area contributed by atoms with E-state index in [-0.39, 0.29) is 5.91 Å². The second kappa shape index (κ2) is 7.91. The predicted molar refractivity (Wildman–Crippen MR) is 104 cm³/mol. The summed E-state index contributed by atoms with van der Waals surface area (Å²) in [7, 11) is 0. The van der Waals surface area contributed by atoms with Gasteiger partial charge in [0.15, 0.2) is 0 Å². The Hall–Kier alpha value is -2.01. The minimum absolute atomic E-state index is 0.203. The number of nitrogens with one attached hydrogen (secondary N) is 1. The highest BCUT2D eigenvalue weighted by Gasteiger charge is 2.11. The van der Waals surface area contributed by atoms with Gasteiger partial charge in [0.1, 0.15) is 12.4 Å². The van der Waals surface area contributed by atoms with Gasteiger partial charge in [-0.2, -0.15) is 0 Å². The van der Waals surface area contributed by atoms with Crippen molar-refractivity contribution in [3.05, 3.63) is 80.0 Å². The third kappa shape index (κ3) is 4.75. The Kier molecular flexibility index (Phi) is 5.63. The van der Waals surface area contributed by atoms with E-state index in [4.69, 9.17) is 27.9 Å². The average Bonchev–Trinajstić information content (AvgIpc) is 3.02. The number of rotatable bonds is 5. The van der Waals surface area contributed by atoms with Gasteiger partial charge in [0.25, 0.3) is 5.91 Å². The minimum atomic E-state index is -0.203. The first kappa shape index (κ1) is 17.8. The van der Waals surface area contributed by atoms with Crippen LogP contribution in [0.5, 0.6) is 5.75 Å².